The van der Waals surface area contributed by atoms with Gasteiger partial charge in [-0.25, -0.2) is 14.8 Å². The van der Waals surface area contributed by atoms with Crippen LogP contribution in [0.2, 0.25) is 10.0 Å². The predicted molar refractivity (Wildman–Crippen MR) is 95.4 cm³/mol. The topological polar surface area (TPSA) is 82.0 Å². The number of anilines is 1. The molecule has 2 N–H and O–H groups in total. The van der Waals surface area contributed by atoms with Crippen LogP contribution in [0.15, 0.2) is 51.7 Å². The number of benzene rings is 2. The average molecular weight is 358 g/mol. The minimum Gasteiger partial charge on any atom is -0.422 e. The lowest BCUT2D eigenvalue weighted by molar-refractivity contribution is 0.569. The van der Waals surface area contributed by atoms with E-state index in [0.29, 0.717) is 37.9 Å². The van der Waals surface area contributed by atoms with Crippen LogP contribution in [-0.2, 0) is 0 Å². The molecule has 0 bridgehead atoms. The van der Waals surface area contributed by atoms with Crippen molar-refractivity contribution in [2.24, 2.45) is 0 Å². The first kappa shape index (κ1) is 14.9. The van der Waals surface area contributed by atoms with E-state index in [-0.39, 0.29) is 11.2 Å². The van der Waals surface area contributed by atoms with Crippen molar-refractivity contribution in [3.05, 3.63) is 62.9 Å². The third-order valence-electron chi connectivity index (χ3n) is 3.66. The largest absolute Gasteiger partial charge is 0.422 e. The van der Waals surface area contributed by atoms with Gasteiger partial charge in [0, 0.05) is 16.0 Å². The summed E-state index contributed by atoms with van der Waals surface area (Å²) in [6.45, 7) is 0. The highest BCUT2D eigenvalue weighted by Crippen LogP contribution is 2.31. The monoisotopic (exact) mass is 357 g/mol. The van der Waals surface area contributed by atoms with E-state index in [0.717, 1.165) is 0 Å². The fourth-order valence-corrected chi connectivity index (χ4v) is 3.06. The maximum Gasteiger partial charge on any atom is 0.349 e. The summed E-state index contributed by atoms with van der Waals surface area (Å²) < 4.78 is 5.28. The van der Waals surface area contributed by atoms with E-state index < -0.39 is 5.63 Å². The molecule has 0 aliphatic heterocycles. The molecule has 0 aliphatic carbocycles. The van der Waals surface area contributed by atoms with Crippen LogP contribution in [0.1, 0.15) is 0 Å². The molecule has 0 radical (unpaired) electrons. The van der Waals surface area contributed by atoms with Gasteiger partial charge in [-0.2, -0.15) is 0 Å². The van der Waals surface area contributed by atoms with Crippen molar-refractivity contribution in [2.75, 3.05) is 5.73 Å². The number of rotatable bonds is 1. The molecule has 2 aromatic carbocycles. The van der Waals surface area contributed by atoms with Crippen molar-refractivity contribution >= 4 is 50.9 Å². The summed E-state index contributed by atoms with van der Waals surface area (Å²) in [4.78, 5) is 20.9. The van der Waals surface area contributed by atoms with Crippen LogP contribution in [0.4, 0.5) is 5.82 Å². The van der Waals surface area contributed by atoms with Crippen molar-refractivity contribution in [3.63, 3.8) is 0 Å². The highest BCUT2D eigenvalue weighted by Gasteiger charge is 2.16. The van der Waals surface area contributed by atoms with Gasteiger partial charge in [-0.3, -0.25) is 0 Å². The maximum atomic E-state index is 12.2. The second-order valence-electron chi connectivity index (χ2n) is 5.17. The first-order valence-electron chi connectivity index (χ1n) is 6.99. The van der Waals surface area contributed by atoms with Crippen molar-refractivity contribution in [3.8, 4) is 11.4 Å². The van der Waals surface area contributed by atoms with Crippen molar-refractivity contribution in [2.45, 2.75) is 0 Å². The van der Waals surface area contributed by atoms with Crippen LogP contribution in [0.25, 0.3) is 33.3 Å². The maximum absolute atomic E-state index is 12.2. The van der Waals surface area contributed by atoms with E-state index in [1.807, 2.05) is 6.07 Å². The summed E-state index contributed by atoms with van der Waals surface area (Å²) in [5.41, 5.74) is 6.85. The third kappa shape index (κ3) is 2.29. The van der Waals surface area contributed by atoms with Gasteiger partial charge in [0.05, 0.1) is 10.5 Å². The molecular weight excluding hydrogens is 349 g/mol. The second kappa shape index (κ2) is 5.47. The van der Waals surface area contributed by atoms with Crippen LogP contribution in [-0.4, -0.2) is 9.97 Å². The van der Waals surface area contributed by atoms with Crippen molar-refractivity contribution in [1.82, 2.24) is 9.97 Å². The van der Waals surface area contributed by atoms with E-state index in [1.54, 1.807) is 36.4 Å². The first-order valence-corrected chi connectivity index (χ1v) is 7.74. The Hall–Kier alpha value is -2.63. The Kier molecular flexibility index (Phi) is 3.40. The third-order valence-corrected chi connectivity index (χ3v) is 4.21. The number of fused-ring (bicyclic) bond motifs is 3. The second-order valence-corrected chi connectivity index (χ2v) is 6.01. The molecule has 118 valence electrons. The minimum absolute atomic E-state index is 0.0421. The SMILES string of the molecule is Nc1nc(-c2ccc(Cl)cc2Cl)nc2c1c(=O)oc1ccccc12. The average Bonchev–Trinajstić information content (AvgIpc) is 2.54. The summed E-state index contributed by atoms with van der Waals surface area (Å²) in [5.74, 6) is 0.359. The Morgan fingerprint density at radius 2 is 1.83 bits per heavy atom. The molecule has 5 nitrogen and oxygen atoms in total. The normalized spacial score (nSPS) is 11.2. The molecule has 0 fully saturated rings. The van der Waals surface area contributed by atoms with E-state index in [2.05, 4.69) is 9.97 Å². The molecule has 4 aromatic rings. The Morgan fingerprint density at radius 3 is 2.62 bits per heavy atom. The van der Waals surface area contributed by atoms with E-state index in [1.165, 1.54) is 0 Å². The number of halogens is 2. The molecule has 0 amide bonds. The summed E-state index contributed by atoms with van der Waals surface area (Å²) in [6.07, 6.45) is 0. The number of para-hydroxylation sites is 1. The lowest BCUT2D eigenvalue weighted by Gasteiger charge is -2.08. The molecule has 0 spiro atoms. The zero-order chi connectivity index (χ0) is 16.8. The van der Waals surface area contributed by atoms with E-state index in [4.69, 9.17) is 33.4 Å². The molecule has 24 heavy (non-hydrogen) atoms. The summed E-state index contributed by atoms with van der Waals surface area (Å²) in [6, 6.07) is 12.1. The predicted octanol–water partition coefficient (Wildman–Crippen LogP) is 4.29. The Bertz CT molecular complexity index is 1170. The lowest BCUT2D eigenvalue weighted by Crippen LogP contribution is -2.08. The molecule has 2 aromatic heterocycles. The van der Waals surface area contributed by atoms with Gasteiger partial charge in [0.2, 0.25) is 0 Å². The Balaban J connectivity index is 2.13. The van der Waals surface area contributed by atoms with Crippen LogP contribution < -0.4 is 11.4 Å². The van der Waals surface area contributed by atoms with Crippen LogP contribution in [0, 0.1) is 0 Å². The summed E-state index contributed by atoms with van der Waals surface area (Å²) >= 11 is 12.2. The lowest BCUT2D eigenvalue weighted by atomic mass is 10.1. The van der Waals surface area contributed by atoms with Gasteiger partial charge in [-0.1, -0.05) is 35.3 Å². The van der Waals surface area contributed by atoms with Gasteiger partial charge in [0.25, 0.3) is 0 Å². The van der Waals surface area contributed by atoms with Gasteiger partial charge in [-0.05, 0) is 30.3 Å². The van der Waals surface area contributed by atoms with Crippen LogP contribution >= 0.6 is 23.2 Å². The van der Waals surface area contributed by atoms with Crippen molar-refractivity contribution in [1.29, 1.82) is 0 Å². The zero-order valence-corrected chi connectivity index (χ0v) is 13.6. The fraction of sp³-hybridized carbons (Fsp3) is 0. The van der Waals surface area contributed by atoms with Crippen LogP contribution in [0.3, 0.4) is 0 Å². The molecule has 7 heteroatoms. The Labute approximate surface area is 145 Å². The highest BCUT2D eigenvalue weighted by atomic mass is 35.5. The minimum atomic E-state index is -0.574. The van der Waals surface area contributed by atoms with Crippen molar-refractivity contribution < 1.29 is 4.42 Å². The molecule has 0 aliphatic rings. The van der Waals surface area contributed by atoms with Gasteiger partial charge >= 0.3 is 5.63 Å². The molecule has 4 rings (SSSR count). The molecule has 0 saturated heterocycles. The molecule has 0 saturated carbocycles. The zero-order valence-electron chi connectivity index (χ0n) is 12.1. The number of nitrogen functional groups attached to an aromatic ring is 1. The van der Waals surface area contributed by atoms with Crippen LogP contribution in [0.5, 0.6) is 0 Å². The molecule has 0 atom stereocenters. The molecular formula is C17H9Cl2N3O2. The summed E-state index contributed by atoms with van der Waals surface area (Å²) in [5, 5.41) is 1.73. The van der Waals surface area contributed by atoms with Gasteiger partial charge in [-0.15, -0.1) is 0 Å². The summed E-state index contributed by atoms with van der Waals surface area (Å²) in [7, 11) is 0. The number of nitrogens with two attached hydrogens (primary N) is 1. The highest BCUT2D eigenvalue weighted by molar-refractivity contribution is 6.36. The van der Waals surface area contributed by atoms with Gasteiger partial charge in [0.1, 0.15) is 16.8 Å². The van der Waals surface area contributed by atoms with E-state index >= 15 is 0 Å². The first-order chi connectivity index (χ1) is 11.5. The quantitative estimate of drug-likeness (QED) is 0.405. The standard InChI is InChI=1S/C17H9Cl2N3O2/c18-8-5-6-9(11(19)7-8)16-21-14-10-3-1-2-4-12(10)24-17(23)13(14)15(20)22-16/h1-7H,(H2,20,21,22). The number of hydrogen-bond donors (Lipinski definition) is 1. The molecule has 0 unspecified atom stereocenters. The molecule has 2 heterocycles. The van der Waals surface area contributed by atoms with E-state index in [9.17, 15) is 4.79 Å². The number of nitrogens with zero attached hydrogens (tertiary/aromatic N) is 2. The van der Waals surface area contributed by atoms with Gasteiger partial charge < -0.3 is 10.2 Å². The Morgan fingerprint density at radius 1 is 1.04 bits per heavy atom. The van der Waals surface area contributed by atoms with Gasteiger partial charge in [0.15, 0.2) is 5.82 Å². The number of aromatic nitrogens is 2. The smallest absolute Gasteiger partial charge is 0.349 e. The fourth-order valence-electron chi connectivity index (χ4n) is 2.57. The number of hydrogen-bond acceptors (Lipinski definition) is 5.